The van der Waals surface area contributed by atoms with Gasteiger partial charge in [-0.15, -0.1) is 0 Å². The molecular weight excluding hydrogens is 194 g/mol. The van der Waals surface area contributed by atoms with E-state index in [0.29, 0.717) is 6.04 Å². The van der Waals surface area contributed by atoms with Gasteiger partial charge in [0.15, 0.2) is 0 Å². The Morgan fingerprint density at radius 1 is 1.21 bits per heavy atom. The second-order valence-corrected chi connectivity index (χ2v) is 4.87. The molecule has 14 heavy (non-hydrogen) atoms. The quantitative estimate of drug-likeness (QED) is 0.553. The Labute approximate surface area is 93.4 Å². The van der Waals surface area contributed by atoms with Gasteiger partial charge in [0, 0.05) is 25.8 Å². The summed E-state index contributed by atoms with van der Waals surface area (Å²) in [5.74, 6) is 1.21. The Morgan fingerprint density at radius 3 is 2.43 bits per heavy atom. The van der Waals surface area contributed by atoms with Crippen LogP contribution in [0.5, 0.6) is 0 Å². The van der Waals surface area contributed by atoms with Crippen LogP contribution < -0.4 is 0 Å². The van der Waals surface area contributed by atoms with Crippen LogP contribution in [0, 0.1) is 0 Å². The summed E-state index contributed by atoms with van der Waals surface area (Å²) in [4.78, 5) is 2.35. The van der Waals surface area contributed by atoms with Gasteiger partial charge in [0.1, 0.15) is 0 Å². The maximum atomic E-state index is 5.53. The van der Waals surface area contributed by atoms with Crippen molar-refractivity contribution in [3.8, 4) is 0 Å². The second kappa shape index (κ2) is 9.81. The molecule has 2 nitrogen and oxygen atoms in total. The van der Waals surface area contributed by atoms with Gasteiger partial charge in [-0.1, -0.05) is 0 Å². The van der Waals surface area contributed by atoms with Crippen LogP contribution in [0.3, 0.4) is 0 Å². The fourth-order valence-electron chi connectivity index (χ4n) is 1.08. The van der Waals surface area contributed by atoms with Crippen molar-refractivity contribution in [2.45, 2.75) is 32.7 Å². The molecule has 0 unspecified atom stereocenters. The van der Waals surface area contributed by atoms with Crippen molar-refractivity contribution in [3.63, 3.8) is 0 Å². The maximum Gasteiger partial charge on any atom is 0.0478 e. The van der Waals surface area contributed by atoms with E-state index < -0.39 is 0 Å². The van der Waals surface area contributed by atoms with Crippen LogP contribution in [0.4, 0.5) is 0 Å². The standard InChI is InChI=1S/C11H25NOS/c1-11(2)12(3)7-5-8-13-9-6-10-14-4/h11H,5-10H2,1-4H3. The smallest absolute Gasteiger partial charge is 0.0478 e. The van der Waals surface area contributed by atoms with Gasteiger partial charge in [-0.2, -0.15) is 11.8 Å². The third-order valence-electron chi connectivity index (χ3n) is 2.32. The van der Waals surface area contributed by atoms with Crippen molar-refractivity contribution >= 4 is 11.8 Å². The van der Waals surface area contributed by atoms with E-state index in [1.54, 1.807) is 0 Å². The van der Waals surface area contributed by atoms with Crippen molar-refractivity contribution < 1.29 is 4.74 Å². The minimum Gasteiger partial charge on any atom is -0.381 e. The lowest BCUT2D eigenvalue weighted by Crippen LogP contribution is -2.27. The van der Waals surface area contributed by atoms with Gasteiger partial charge >= 0.3 is 0 Å². The molecule has 0 aromatic carbocycles. The van der Waals surface area contributed by atoms with Crippen LogP contribution in [-0.4, -0.2) is 49.8 Å². The van der Waals surface area contributed by atoms with E-state index in [9.17, 15) is 0 Å². The zero-order chi connectivity index (χ0) is 10.8. The van der Waals surface area contributed by atoms with E-state index >= 15 is 0 Å². The minimum atomic E-state index is 0.645. The minimum absolute atomic E-state index is 0.645. The Balaban J connectivity index is 3.06. The molecule has 0 N–H and O–H groups in total. The molecule has 0 radical (unpaired) electrons. The lowest BCUT2D eigenvalue weighted by atomic mass is 10.3. The summed E-state index contributed by atoms with van der Waals surface area (Å²) in [5.41, 5.74) is 0. The summed E-state index contributed by atoms with van der Waals surface area (Å²) in [6.45, 7) is 7.41. The van der Waals surface area contributed by atoms with Gasteiger partial charge in [0.2, 0.25) is 0 Å². The largest absolute Gasteiger partial charge is 0.381 e. The molecule has 0 aromatic heterocycles. The fourth-order valence-corrected chi connectivity index (χ4v) is 1.49. The van der Waals surface area contributed by atoms with Gasteiger partial charge < -0.3 is 9.64 Å². The molecule has 0 saturated carbocycles. The molecule has 0 saturated heterocycles. The second-order valence-electron chi connectivity index (χ2n) is 3.89. The first kappa shape index (κ1) is 14.3. The van der Waals surface area contributed by atoms with Crippen LogP contribution in [0.1, 0.15) is 26.7 Å². The summed E-state index contributed by atoms with van der Waals surface area (Å²) in [7, 11) is 2.17. The van der Waals surface area contributed by atoms with Crippen molar-refractivity contribution in [3.05, 3.63) is 0 Å². The van der Waals surface area contributed by atoms with Crippen LogP contribution in [0.2, 0.25) is 0 Å². The molecule has 0 heterocycles. The molecule has 0 spiro atoms. The number of hydrogen-bond acceptors (Lipinski definition) is 3. The van der Waals surface area contributed by atoms with E-state index in [0.717, 1.165) is 26.2 Å². The van der Waals surface area contributed by atoms with Crippen LogP contribution >= 0.6 is 11.8 Å². The summed E-state index contributed by atoms with van der Waals surface area (Å²) < 4.78 is 5.53. The Kier molecular flexibility index (Phi) is 10.0. The van der Waals surface area contributed by atoms with E-state index in [4.69, 9.17) is 4.74 Å². The lowest BCUT2D eigenvalue weighted by molar-refractivity contribution is 0.121. The zero-order valence-corrected chi connectivity index (χ0v) is 10.9. The van der Waals surface area contributed by atoms with Crippen molar-refractivity contribution in [1.29, 1.82) is 0 Å². The fraction of sp³-hybridized carbons (Fsp3) is 1.00. The van der Waals surface area contributed by atoms with E-state index in [-0.39, 0.29) is 0 Å². The first-order valence-corrected chi connectivity index (χ1v) is 6.84. The Hall–Kier alpha value is 0.270. The molecule has 0 atom stereocenters. The number of thioether (sulfide) groups is 1. The first-order valence-electron chi connectivity index (χ1n) is 5.45. The average Bonchev–Trinajstić information content (AvgIpc) is 2.16. The molecule has 0 aliphatic rings. The van der Waals surface area contributed by atoms with Crippen molar-refractivity contribution in [2.24, 2.45) is 0 Å². The number of hydrogen-bond donors (Lipinski definition) is 0. The predicted molar refractivity (Wildman–Crippen MR) is 66.2 cm³/mol. The molecule has 0 rings (SSSR count). The zero-order valence-electron chi connectivity index (χ0n) is 10.1. The molecule has 86 valence electrons. The number of ether oxygens (including phenoxy) is 1. The highest BCUT2D eigenvalue weighted by atomic mass is 32.2. The highest BCUT2D eigenvalue weighted by Gasteiger charge is 2.01. The molecule has 0 aliphatic heterocycles. The molecule has 0 amide bonds. The molecule has 0 fully saturated rings. The molecule has 0 aromatic rings. The first-order chi connectivity index (χ1) is 6.68. The van der Waals surface area contributed by atoms with Crippen LogP contribution in [0.25, 0.3) is 0 Å². The monoisotopic (exact) mass is 219 g/mol. The Bertz CT molecular complexity index is 120. The average molecular weight is 219 g/mol. The van der Waals surface area contributed by atoms with Crippen LogP contribution in [-0.2, 0) is 4.74 Å². The highest BCUT2D eigenvalue weighted by molar-refractivity contribution is 7.98. The lowest BCUT2D eigenvalue weighted by Gasteiger charge is -2.20. The van der Waals surface area contributed by atoms with Crippen molar-refractivity contribution in [1.82, 2.24) is 4.90 Å². The van der Waals surface area contributed by atoms with Crippen LogP contribution in [0.15, 0.2) is 0 Å². The van der Waals surface area contributed by atoms with Gasteiger partial charge in [-0.25, -0.2) is 0 Å². The summed E-state index contributed by atoms with van der Waals surface area (Å²) in [6.07, 6.45) is 4.47. The van der Waals surface area contributed by atoms with Gasteiger partial charge in [0.25, 0.3) is 0 Å². The SMILES string of the molecule is CSCCCOCCCN(C)C(C)C. The third-order valence-corrected chi connectivity index (χ3v) is 3.02. The van der Waals surface area contributed by atoms with Gasteiger partial charge in [-0.05, 0) is 45.7 Å². The maximum absolute atomic E-state index is 5.53. The van der Waals surface area contributed by atoms with E-state index in [2.05, 4.69) is 32.1 Å². The summed E-state index contributed by atoms with van der Waals surface area (Å²) >= 11 is 1.89. The van der Waals surface area contributed by atoms with Crippen molar-refractivity contribution in [2.75, 3.05) is 38.8 Å². The molecule has 0 bridgehead atoms. The normalized spacial score (nSPS) is 11.6. The van der Waals surface area contributed by atoms with E-state index in [1.807, 2.05) is 11.8 Å². The molecular formula is C11H25NOS. The molecule has 0 aliphatic carbocycles. The topological polar surface area (TPSA) is 12.5 Å². The highest BCUT2D eigenvalue weighted by Crippen LogP contribution is 1.98. The summed E-state index contributed by atoms with van der Waals surface area (Å²) in [6, 6.07) is 0.645. The van der Waals surface area contributed by atoms with Gasteiger partial charge in [0.05, 0.1) is 0 Å². The third kappa shape index (κ3) is 8.85. The van der Waals surface area contributed by atoms with E-state index in [1.165, 1.54) is 12.2 Å². The predicted octanol–water partition coefficient (Wildman–Crippen LogP) is 2.49. The van der Waals surface area contributed by atoms with Gasteiger partial charge in [-0.3, -0.25) is 0 Å². The Morgan fingerprint density at radius 2 is 1.86 bits per heavy atom. The number of nitrogens with zero attached hydrogens (tertiary/aromatic N) is 1. The molecule has 3 heteroatoms. The number of rotatable bonds is 9. The summed E-state index contributed by atoms with van der Waals surface area (Å²) in [5, 5.41) is 0.